The van der Waals surface area contributed by atoms with E-state index >= 15 is 0 Å². The molecule has 144 valence electrons. The van der Waals surface area contributed by atoms with Crippen molar-refractivity contribution in [1.82, 2.24) is 4.31 Å². The fourth-order valence-electron chi connectivity index (χ4n) is 2.72. The Hall–Kier alpha value is -2.00. The van der Waals surface area contributed by atoms with E-state index < -0.39 is 20.7 Å². The van der Waals surface area contributed by atoms with Crippen LogP contribution in [0.2, 0.25) is 5.02 Å². The lowest BCUT2D eigenvalue weighted by atomic mass is 10.1. The topological polar surface area (TPSA) is 75.7 Å². The molecular formula is C18H18ClFN2O4S. The largest absolute Gasteiger partial charge is 0.379 e. The molecule has 0 radical (unpaired) electrons. The van der Waals surface area contributed by atoms with E-state index in [1.807, 2.05) is 0 Å². The highest BCUT2D eigenvalue weighted by Crippen LogP contribution is 2.24. The first-order valence-corrected chi connectivity index (χ1v) is 10.1. The third kappa shape index (κ3) is 4.65. The number of benzene rings is 2. The van der Waals surface area contributed by atoms with Gasteiger partial charge in [-0.2, -0.15) is 4.31 Å². The first-order valence-electron chi connectivity index (χ1n) is 8.28. The molecule has 27 heavy (non-hydrogen) atoms. The van der Waals surface area contributed by atoms with E-state index in [0.29, 0.717) is 10.6 Å². The van der Waals surface area contributed by atoms with Gasteiger partial charge in [0, 0.05) is 23.8 Å². The third-order valence-electron chi connectivity index (χ3n) is 4.11. The molecule has 0 bridgehead atoms. The highest BCUT2D eigenvalue weighted by atomic mass is 35.5. The lowest BCUT2D eigenvalue weighted by Gasteiger charge is -2.26. The van der Waals surface area contributed by atoms with E-state index in [0.717, 1.165) is 12.1 Å². The summed E-state index contributed by atoms with van der Waals surface area (Å²) < 4.78 is 45.9. The van der Waals surface area contributed by atoms with Crippen molar-refractivity contribution in [1.29, 1.82) is 0 Å². The molecule has 0 saturated carbocycles. The van der Waals surface area contributed by atoms with Gasteiger partial charge in [-0.1, -0.05) is 29.8 Å². The van der Waals surface area contributed by atoms with Crippen LogP contribution in [0.25, 0.3) is 0 Å². The molecule has 0 unspecified atom stereocenters. The van der Waals surface area contributed by atoms with Gasteiger partial charge in [0.15, 0.2) is 0 Å². The molecule has 9 heteroatoms. The van der Waals surface area contributed by atoms with Crippen LogP contribution in [0.3, 0.4) is 0 Å². The van der Waals surface area contributed by atoms with E-state index in [1.54, 1.807) is 24.3 Å². The van der Waals surface area contributed by atoms with Gasteiger partial charge in [0.05, 0.1) is 19.6 Å². The molecule has 0 spiro atoms. The summed E-state index contributed by atoms with van der Waals surface area (Å²) in [6.07, 6.45) is 0.0165. The molecule has 2 aromatic rings. The number of hydrogen-bond acceptors (Lipinski definition) is 4. The average molecular weight is 413 g/mol. The standard InChI is InChI=1S/C18H18ClFN2O4S/c19-15-4-2-1-3-13(15)11-18(23)21-14-5-6-16(20)17(12-14)27(24,25)22-7-9-26-10-8-22/h1-6,12H,7-11H2,(H,21,23). The number of morpholine rings is 1. The summed E-state index contributed by atoms with van der Waals surface area (Å²) in [6.45, 7) is 0.833. The molecule has 1 saturated heterocycles. The van der Waals surface area contributed by atoms with Gasteiger partial charge >= 0.3 is 0 Å². The Morgan fingerprint density at radius 3 is 2.59 bits per heavy atom. The maximum absolute atomic E-state index is 14.2. The number of ether oxygens (including phenoxy) is 1. The Kier molecular flexibility index (Phi) is 6.11. The van der Waals surface area contributed by atoms with Crippen LogP contribution in [0.5, 0.6) is 0 Å². The molecule has 1 N–H and O–H groups in total. The van der Waals surface area contributed by atoms with E-state index in [9.17, 15) is 17.6 Å². The number of halogens is 2. The smallest absolute Gasteiger partial charge is 0.246 e. The van der Waals surface area contributed by atoms with Crippen LogP contribution in [0.4, 0.5) is 10.1 Å². The molecule has 3 rings (SSSR count). The van der Waals surface area contributed by atoms with E-state index in [4.69, 9.17) is 16.3 Å². The molecule has 1 aliphatic heterocycles. The van der Waals surface area contributed by atoms with Crippen LogP contribution in [-0.2, 0) is 26.0 Å². The van der Waals surface area contributed by atoms with Crippen molar-refractivity contribution in [3.8, 4) is 0 Å². The maximum Gasteiger partial charge on any atom is 0.246 e. The molecule has 2 aromatic carbocycles. The predicted octanol–water partition coefficient (Wildman–Crippen LogP) is 2.68. The number of hydrogen-bond donors (Lipinski definition) is 1. The number of carbonyl (C=O) groups excluding carboxylic acids is 1. The van der Waals surface area contributed by atoms with Crippen LogP contribution >= 0.6 is 11.6 Å². The lowest BCUT2D eigenvalue weighted by molar-refractivity contribution is -0.115. The van der Waals surface area contributed by atoms with Crippen molar-refractivity contribution in [3.63, 3.8) is 0 Å². The second kappa shape index (κ2) is 8.35. The maximum atomic E-state index is 14.2. The number of sulfonamides is 1. The fraction of sp³-hybridized carbons (Fsp3) is 0.278. The van der Waals surface area contributed by atoms with Crippen LogP contribution in [0.15, 0.2) is 47.4 Å². The summed E-state index contributed by atoms with van der Waals surface area (Å²) >= 11 is 6.04. The van der Waals surface area contributed by atoms with E-state index in [1.165, 1.54) is 10.4 Å². The van der Waals surface area contributed by atoms with Gasteiger partial charge in [-0.15, -0.1) is 0 Å². The SMILES string of the molecule is O=C(Cc1ccccc1Cl)Nc1ccc(F)c(S(=O)(=O)N2CCOCC2)c1. The van der Waals surface area contributed by atoms with Gasteiger partial charge in [-0.05, 0) is 29.8 Å². The minimum atomic E-state index is -4.01. The van der Waals surface area contributed by atoms with Crippen molar-refractivity contribution in [2.24, 2.45) is 0 Å². The Morgan fingerprint density at radius 1 is 1.19 bits per heavy atom. The molecule has 0 atom stereocenters. The van der Waals surface area contributed by atoms with Crippen molar-refractivity contribution >= 4 is 33.2 Å². The number of nitrogens with one attached hydrogen (secondary N) is 1. The first kappa shape index (κ1) is 19.8. The summed E-state index contributed by atoms with van der Waals surface area (Å²) in [7, 11) is -4.01. The fourth-order valence-corrected chi connectivity index (χ4v) is 4.43. The number of rotatable bonds is 5. The summed E-state index contributed by atoms with van der Waals surface area (Å²) in [5.74, 6) is -1.25. The lowest BCUT2D eigenvalue weighted by Crippen LogP contribution is -2.40. The predicted molar refractivity (Wildman–Crippen MR) is 99.8 cm³/mol. The summed E-state index contributed by atoms with van der Waals surface area (Å²) in [5.41, 5.74) is 0.834. The van der Waals surface area contributed by atoms with Crippen molar-refractivity contribution < 1.29 is 22.3 Å². The molecule has 1 heterocycles. The van der Waals surface area contributed by atoms with Gasteiger partial charge in [0.25, 0.3) is 0 Å². The second-order valence-corrected chi connectivity index (χ2v) is 8.29. The zero-order valence-electron chi connectivity index (χ0n) is 14.3. The van der Waals surface area contributed by atoms with E-state index in [-0.39, 0.29) is 44.3 Å². The molecule has 1 fully saturated rings. The third-order valence-corrected chi connectivity index (χ3v) is 6.39. The zero-order chi connectivity index (χ0) is 19.4. The van der Waals surface area contributed by atoms with Gasteiger partial charge in [-0.25, -0.2) is 12.8 Å². The van der Waals surface area contributed by atoms with Crippen molar-refractivity contribution in [2.75, 3.05) is 31.6 Å². The Bertz CT molecular complexity index is 946. The Labute approximate surface area is 161 Å². The Balaban J connectivity index is 1.79. The summed E-state index contributed by atoms with van der Waals surface area (Å²) in [5, 5.41) is 3.05. The van der Waals surface area contributed by atoms with Crippen LogP contribution < -0.4 is 5.32 Å². The monoisotopic (exact) mass is 412 g/mol. The molecular weight excluding hydrogens is 395 g/mol. The number of anilines is 1. The molecule has 1 aliphatic rings. The zero-order valence-corrected chi connectivity index (χ0v) is 15.9. The molecule has 0 aliphatic carbocycles. The minimum absolute atomic E-state index is 0.0165. The first-order chi connectivity index (χ1) is 12.9. The van der Waals surface area contributed by atoms with Gasteiger partial charge in [0.1, 0.15) is 10.7 Å². The van der Waals surface area contributed by atoms with Crippen molar-refractivity contribution in [3.05, 3.63) is 58.9 Å². The molecule has 6 nitrogen and oxygen atoms in total. The van der Waals surface area contributed by atoms with Crippen LogP contribution in [0.1, 0.15) is 5.56 Å². The quantitative estimate of drug-likeness (QED) is 0.819. The van der Waals surface area contributed by atoms with Gasteiger partial charge < -0.3 is 10.1 Å². The number of amides is 1. The van der Waals surface area contributed by atoms with Crippen LogP contribution in [0, 0.1) is 5.82 Å². The molecule has 1 amide bonds. The average Bonchev–Trinajstić information content (AvgIpc) is 2.66. The highest BCUT2D eigenvalue weighted by Gasteiger charge is 2.29. The summed E-state index contributed by atoms with van der Waals surface area (Å²) in [4.78, 5) is 11.8. The molecule has 0 aromatic heterocycles. The van der Waals surface area contributed by atoms with E-state index in [2.05, 4.69) is 5.32 Å². The van der Waals surface area contributed by atoms with Crippen molar-refractivity contribution in [2.45, 2.75) is 11.3 Å². The Morgan fingerprint density at radius 2 is 1.89 bits per heavy atom. The van der Waals surface area contributed by atoms with Crippen LogP contribution in [-0.4, -0.2) is 44.9 Å². The second-order valence-electron chi connectivity index (χ2n) is 5.98. The van der Waals surface area contributed by atoms with Gasteiger partial charge in [0.2, 0.25) is 15.9 Å². The summed E-state index contributed by atoms with van der Waals surface area (Å²) in [6, 6.07) is 10.4. The number of nitrogens with zero attached hydrogens (tertiary/aromatic N) is 1. The normalized spacial score (nSPS) is 15.5. The minimum Gasteiger partial charge on any atom is -0.379 e. The highest BCUT2D eigenvalue weighted by molar-refractivity contribution is 7.89. The number of carbonyl (C=O) groups is 1. The van der Waals surface area contributed by atoms with Gasteiger partial charge in [-0.3, -0.25) is 4.79 Å².